The third-order valence-corrected chi connectivity index (χ3v) is 5.06. The van der Waals surface area contributed by atoms with Crippen molar-refractivity contribution in [3.8, 4) is 0 Å². The monoisotopic (exact) mass is 385 g/mol. The number of benzene rings is 2. The smallest absolute Gasteiger partial charge is 0.410 e. The summed E-state index contributed by atoms with van der Waals surface area (Å²) in [7, 11) is 0. The van der Waals surface area contributed by atoms with Crippen LogP contribution in [-0.4, -0.2) is 40.4 Å². The number of rotatable bonds is 4. The first-order chi connectivity index (χ1) is 13.3. The number of carbonyl (C=O) groups excluding carboxylic acids is 1. The molecule has 0 aliphatic carbocycles. The fourth-order valence-electron chi connectivity index (χ4n) is 3.87. The summed E-state index contributed by atoms with van der Waals surface area (Å²) >= 11 is 0. The van der Waals surface area contributed by atoms with E-state index in [9.17, 15) is 14.3 Å². The van der Waals surface area contributed by atoms with Crippen LogP contribution in [0, 0.1) is 5.82 Å². The molecule has 0 saturated carbocycles. The lowest BCUT2D eigenvalue weighted by atomic mass is 9.82. The first-order valence-electron chi connectivity index (χ1n) is 9.75. The summed E-state index contributed by atoms with van der Waals surface area (Å²) in [5.41, 5.74) is 0.632. The molecule has 150 valence electrons. The Morgan fingerprint density at radius 2 is 1.79 bits per heavy atom. The van der Waals surface area contributed by atoms with E-state index in [0.717, 1.165) is 12.0 Å². The number of aliphatic hydroxyl groups excluding tert-OH is 1. The number of carbonyl (C=O) groups is 1. The van der Waals surface area contributed by atoms with Crippen LogP contribution in [0.1, 0.15) is 50.7 Å². The van der Waals surface area contributed by atoms with Gasteiger partial charge in [-0.15, -0.1) is 0 Å². The molecule has 4 nitrogen and oxygen atoms in total. The number of likely N-dealkylation sites (tertiary alicyclic amines) is 1. The van der Waals surface area contributed by atoms with Gasteiger partial charge in [0.15, 0.2) is 0 Å². The minimum absolute atomic E-state index is 0.364. The molecule has 2 aromatic rings. The fraction of sp³-hybridized carbons (Fsp3) is 0.435. The molecule has 1 aliphatic rings. The third-order valence-electron chi connectivity index (χ3n) is 5.06. The Morgan fingerprint density at radius 1 is 1.14 bits per heavy atom. The molecule has 0 aromatic heterocycles. The van der Waals surface area contributed by atoms with E-state index in [0.29, 0.717) is 18.5 Å². The molecule has 1 fully saturated rings. The summed E-state index contributed by atoms with van der Waals surface area (Å²) in [6.07, 6.45) is 0.0431. The van der Waals surface area contributed by atoms with Crippen molar-refractivity contribution in [3.05, 3.63) is 71.5 Å². The van der Waals surface area contributed by atoms with Crippen molar-refractivity contribution in [1.82, 2.24) is 4.90 Å². The van der Waals surface area contributed by atoms with Gasteiger partial charge < -0.3 is 14.7 Å². The number of nitrogens with zero attached hydrogens (tertiary/aromatic N) is 1. The van der Waals surface area contributed by atoms with Crippen molar-refractivity contribution in [2.45, 2.75) is 57.3 Å². The number of aliphatic hydroxyl groups is 1. The van der Waals surface area contributed by atoms with Crippen LogP contribution in [-0.2, 0) is 4.74 Å². The van der Waals surface area contributed by atoms with E-state index >= 15 is 0 Å². The van der Waals surface area contributed by atoms with Crippen molar-refractivity contribution >= 4 is 6.09 Å². The van der Waals surface area contributed by atoms with Gasteiger partial charge in [0.2, 0.25) is 0 Å². The van der Waals surface area contributed by atoms with Gasteiger partial charge in [-0.2, -0.15) is 0 Å². The predicted octanol–water partition coefficient (Wildman–Crippen LogP) is 4.72. The topological polar surface area (TPSA) is 49.8 Å². The molecule has 5 heteroatoms. The highest BCUT2D eigenvalue weighted by atomic mass is 19.1. The minimum atomic E-state index is -0.950. The molecular weight excluding hydrogens is 357 g/mol. The summed E-state index contributed by atoms with van der Waals surface area (Å²) in [4.78, 5) is 14.2. The van der Waals surface area contributed by atoms with Crippen LogP contribution in [0.15, 0.2) is 54.6 Å². The van der Waals surface area contributed by atoms with Crippen LogP contribution in [0.3, 0.4) is 0 Å². The second-order valence-corrected chi connectivity index (χ2v) is 8.28. The van der Waals surface area contributed by atoms with Gasteiger partial charge in [0, 0.05) is 12.5 Å². The molecule has 0 unspecified atom stereocenters. The molecule has 1 heterocycles. The Morgan fingerprint density at radius 3 is 2.43 bits per heavy atom. The van der Waals surface area contributed by atoms with E-state index in [-0.39, 0.29) is 5.82 Å². The second-order valence-electron chi connectivity index (χ2n) is 8.28. The number of ether oxygens (including phenoxy) is 1. The van der Waals surface area contributed by atoms with Gasteiger partial charge in [0.25, 0.3) is 0 Å². The van der Waals surface area contributed by atoms with Crippen molar-refractivity contribution in [2.24, 2.45) is 0 Å². The lowest BCUT2D eigenvalue weighted by Gasteiger charge is -2.35. The number of amides is 1. The van der Waals surface area contributed by atoms with Gasteiger partial charge in [-0.05, 0) is 50.8 Å². The molecule has 1 aliphatic heterocycles. The summed E-state index contributed by atoms with van der Waals surface area (Å²) in [6, 6.07) is 15.5. The van der Waals surface area contributed by atoms with Crippen molar-refractivity contribution in [3.63, 3.8) is 0 Å². The largest absolute Gasteiger partial charge is 0.444 e. The van der Waals surface area contributed by atoms with E-state index in [1.54, 1.807) is 23.1 Å². The zero-order valence-corrected chi connectivity index (χ0v) is 16.6. The molecule has 1 N–H and O–H groups in total. The highest BCUT2D eigenvalue weighted by molar-refractivity contribution is 5.69. The maximum absolute atomic E-state index is 14.6. The number of halogens is 1. The average Bonchev–Trinajstić information content (AvgIpc) is 3.13. The molecule has 0 spiro atoms. The predicted molar refractivity (Wildman–Crippen MR) is 107 cm³/mol. The highest BCUT2D eigenvalue weighted by Crippen LogP contribution is 2.36. The minimum Gasteiger partial charge on any atom is -0.444 e. The number of hydrogen-bond acceptors (Lipinski definition) is 3. The fourth-order valence-corrected chi connectivity index (χ4v) is 3.87. The zero-order valence-electron chi connectivity index (χ0n) is 16.6. The van der Waals surface area contributed by atoms with Crippen LogP contribution in [0.5, 0.6) is 0 Å². The molecule has 1 amide bonds. The maximum atomic E-state index is 14.6. The Balaban J connectivity index is 1.94. The zero-order chi connectivity index (χ0) is 20.3. The third kappa shape index (κ3) is 4.53. The van der Waals surface area contributed by atoms with E-state index in [1.807, 2.05) is 51.1 Å². The first-order valence-corrected chi connectivity index (χ1v) is 9.75. The molecule has 1 saturated heterocycles. The van der Waals surface area contributed by atoms with Gasteiger partial charge in [-0.1, -0.05) is 48.5 Å². The van der Waals surface area contributed by atoms with Crippen LogP contribution >= 0.6 is 0 Å². The Hall–Kier alpha value is -2.40. The molecule has 28 heavy (non-hydrogen) atoms. The Labute approximate surface area is 165 Å². The molecular formula is C23H28FNO3. The van der Waals surface area contributed by atoms with Gasteiger partial charge in [-0.3, -0.25) is 0 Å². The van der Waals surface area contributed by atoms with E-state index in [4.69, 9.17) is 4.74 Å². The Bertz CT molecular complexity index is 803. The first kappa shape index (κ1) is 20.3. The van der Waals surface area contributed by atoms with Gasteiger partial charge in [0.1, 0.15) is 11.4 Å². The standard InChI is InChI=1S/C23H28FNO3/c1-23(2,3)28-22(27)25-15-9-14-19(25)21(26)20(16-10-5-4-6-11-16)17-12-7-8-13-18(17)24/h4-8,10-13,19-21,26H,9,14-15H2,1-3H3/t19-,20+,21-/m1/s1. The number of hydrogen-bond donors (Lipinski definition) is 1. The van der Waals surface area contributed by atoms with E-state index in [1.165, 1.54) is 6.07 Å². The summed E-state index contributed by atoms with van der Waals surface area (Å²) in [6.45, 7) is 5.98. The van der Waals surface area contributed by atoms with E-state index < -0.39 is 29.8 Å². The molecule has 0 radical (unpaired) electrons. The van der Waals surface area contributed by atoms with Gasteiger partial charge in [0.05, 0.1) is 12.1 Å². The van der Waals surface area contributed by atoms with Gasteiger partial charge >= 0.3 is 6.09 Å². The summed E-state index contributed by atoms with van der Waals surface area (Å²) in [5, 5.41) is 11.3. The SMILES string of the molecule is CC(C)(C)OC(=O)N1CCC[C@@H]1[C@@H](O)[C@@H](c1ccccc1)c1ccccc1F. The molecule has 3 rings (SSSR count). The molecule has 0 bridgehead atoms. The lowest BCUT2D eigenvalue weighted by molar-refractivity contribution is 0.00241. The molecule has 2 aromatic carbocycles. The Kier molecular flexibility index (Phi) is 6.04. The van der Waals surface area contributed by atoms with Crippen molar-refractivity contribution in [2.75, 3.05) is 6.54 Å². The van der Waals surface area contributed by atoms with Crippen LogP contribution in [0.4, 0.5) is 9.18 Å². The highest BCUT2D eigenvalue weighted by Gasteiger charge is 2.41. The average molecular weight is 385 g/mol. The summed E-state index contributed by atoms with van der Waals surface area (Å²) in [5.74, 6) is -0.937. The van der Waals surface area contributed by atoms with Crippen LogP contribution in [0.2, 0.25) is 0 Å². The normalized spacial score (nSPS) is 19.3. The lowest BCUT2D eigenvalue weighted by Crippen LogP contribution is -2.47. The molecule has 3 atom stereocenters. The van der Waals surface area contributed by atoms with E-state index in [2.05, 4.69) is 0 Å². The van der Waals surface area contributed by atoms with Crippen molar-refractivity contribution in [1.29, 1.82) is 0 Å². The van der Waals surface area contributed by atoms with Crippen molar-refractivity contribution < 1.29 is 19.0 Å². The second kappa shape index (κ2) is 8.31. The van der Waals surface area contributed by atoms with Crippen LogP contribution in [0.25, 0.3) is 0 Å². The van der Waals surface area contributed by atoms with Crippen LogP contribution < -0.4 is 0 Å². The summed E-state index contributed by atoms with van der Waals surface area (Å²) < 4.78 is 20.2. The van der Waals surface area contributed by atoms with Gasteiger partial charge in [-0.25, -0.2) is 9.18 Å². The maximum Gasteiger partial charge on any atom is 0.410 e. The quantitative estimate of drug-likeness (QED) is 0.829.